The SMILES string of the molecule is COCCCn1c(O)c2ccc(C(=O)N=NC(=S)NCCC(C)C)cc2c1O. The first-order chi connectivity index (χ1) is 13.3. The highest BCUT2D eigenvalue weighted by Gasteiger charge is 2.17. The van der Waals surface area contributed by atoms with E-state index in [-0.39, 0.29) is 22.4 Å². The average molecular weight is 407 g/mol. The molecule has 1 heterocycles. The number of aromatic hydroxyl groups is 2. The third-order valence-electron chi connectivity index (χ3n) is 4.22. The van der Waals surface area contributed by atoms with Gasteiger partial charge in [0.15, 0.2) is 0 Å². The molecule has 2 aromatic rings. The minimum Gasteiger partial charge on any atom is -0.494 e. The normalized spacial score (nSPS) is 11.6. The van der Waals surface area contributed by atoms with Crippen LogP contribution in [0.25, 0.3) is 10.8 Å². The van der Waals surface area contributed by atoms with Crippen LogP contribution in [0, 0.1) is 5.92 Å². The summed E-state index contributed by atoms with van der Waals surface area (Å²) in [7, 11) is 1.59. The highest BCUT2D eigenvalue weighted by atomic mass is 32.1. The molecule has 0 saturated heterocycles. The molecule has 28 heavy (non-hydrogen) atoms. The fourth-order valence-electron chi connectivity index (χ4n) is 2.68. The number of rotatable bonds is 8. The van der Waals surface area contributed by atoms with Crippen molar-refractivity contribution in [3.8, 4) is 11.8 Å². The van der Waals surface area contributed by atoms with Crippen molar-refractivity contribution >= 4 is 34.0 Å². The quantitative estimate of drug-likeness (QED) is 0.351. The smallest absolute Gasteiger partial charge is 0.295 e. The van der Waals surface area contributed by atoms with Crippen molar-refractivity contribution in [2.24, 2.45) is 16.1 Å². The van der Waals surface area contributed by atoms with Gasteiger partial charge >= 0.3 is 0 Å². The summed E-state index contributed by atoms with van der Waals surface area (Å²) in [5.41, 5.74) is 0.241. The van der Waals surface area contributed by atoms with Gasteiger partial charge in [-0.3, -0.25) is 9.36 Å². The number of carbonyl (C=O) groups is 1. The molecule has 0 saturated carbocycles. The van der Waals surface area contributed by atoms with Crippen LogP contribution in [0.5, 0.6) is 11.8 Å². The Balaban J connectivity index is 2.12. The van der Waals surface area contributed by atoms with Crippen LogP contribution >= 0.6 is 12.2 Å². The van der Waals surface area contributed by atoms with Gasteiger partial charge in [0, 0.05) is 43.1 Å². The minimum atomic E-state index is -0.582. The first-order valence-electron chi connectivity index (χ1n) is 9.12. The van der Waals surface area contributed by atoms with Crippen LogP contribution in [-0.4, -0.2) is 46.1 Å². The van der Waals surface area contributed by atoms with Gasteiger partial charge in [-0.1, -0.05) is 13.8 Å². The molecule has 0 bridgehead atoms. The molecular formula is C19H26N4O4S. The first-order valence-corrected chi connectivity index (χ1v) is 9.53. The van der Waals surface area contributed by atoms with Crippen LogP contribution in [0.3, 0.4) is 0 Å². The van der Waals surface area contributed by atoms with Crippen LogP contribution < -0.4 is 5.32 Å². The Labute approximate surface area is 169 Å². The number of amides is 1. The van der Waals surface area contributed by atoms with Crippen LogP contribution in [0.1, 0.15) is 37.0 Å². The van der Waals surface area contributed by atoms with Gasteiger partial charge in [-0.25, -0.2) is 0 Å². The number of nitrogens with zero attached hydrogens (tertiary/aromatic N) is 3. The molecule has 1 amide bonds. The number of benzene rings is 1. The number of methoxy groups -OCH3 is 1. The summed E-state index contributed by atoms with van der Waals surface area (Å²) in [5, 5.41) is 32.0. The van der Waals surface area contributed by atoms with E-state index in [1.165, 1.54) is 16.7 Å². The molecule has 2 rings (SSSR count). The van der Waals surface area contributed by atoms with E-state index in [4.69, 9.17) is 17.0 Å². The van der Waals surface area contributed by atoms with E-state index < -0.39 is 5.91 Å². The van der Waals surface area contributed by atoms with E-state index >= 15 is 0 Å². The van der Waals surface area contributed by atoms with Gasteiger partial charge in [0.05, 0.1) is 0 Å². The van der Waals surface area contributed by atoms with Crippen LogP contribution in [0.2, 0.25) is 0 Å². The lowest BCUT2D eigenvalue weighted by Crippen LogP contribution is -2.21. The maximum Gasteiger partial charge on any atom is 0.295 e. The predicted octanol–water partition coefficient (Wildman–Crippen LogP) is 3.60. The molecule has 0 unspecified atom stereocenters. The lowest BCUT2D eigenvalue weighted by Gasteiger charge is -2.05. The maximum atomic E-state index is 12.3. The lowest BCUT2D eigenvalue weighted by molar-refractivity contribution is 0.0995. The van der Waals surface area contributed by atoms with Crippen molar-refractivity contribution in [3.05, 3.63) is 23.8 Å². The molecule has 1 aromatic carbocycles. The number of hydrogen-bond donors (Lipinski definition) is 3. The maximum absolute atomic E-state index is 12.3. The second-order valence-corrected chi connectivity index (χ2v) is 7.21. The molecule has 0 fully saturated rings. The molecule has 0 aliphatic rings. The van der Waals surface area contributed by atoms with Gasteiger partial charge in [-0.05, 0) is 49.2 Å². The summed E-state index contributed by atoms with van der Waals surface area (Å²) in [4.78, 5) is 12.3. The Morgan fingerprint density at radius 2 is 1.96 bits per heavy atom. The van der Waals surface area contributed by atoms with Crippen molar-refractivity contribution in [1.29, 1.82) is 0 Å². The standard InChI is InChI=1S/C19H26N4O4S/c1-12(2)7-8-20-19(28)22-21-16(24)13-5-6-14-15(11-13)18(26)23(17(14)25)9-4-10-27-3/h5-6,11-12,25-26H,4,7-10H2,1-3H3,(H,20,28). The number of nitrogens with one attached hydrogen (secondary N) is 1. The zero-order chi connectivity index (χ0) is 20.7. The summed E-state index contributed by atoms with van der Waals surface area (Å²) in [6.07, 6.45) is 1.56. The first kappa shape index (κ1) is 21.8. The van der Waals surface area contributed by atoms with Crippen molar-refractivity contribution in [2.75, 3.05) is 20.3 Å². The second kappa shape index (κ2) is 10.1. The molecule has 152 valence electrons. The van der Waals surface area contributed by atoms with E-state index in [2.05, 4.69) is 29.4 Å². The summed E-state index contributed by atoms with van der Waals surface area (Å²) in [6, 6.07) is 4.57. The molecule has 3 N–H and O–H groups in total. The zero-order valence-electron chi connectivity index (χ0n) is 16.3. The third-order valence-corrected chi connectivity index (χ3v) is 4.45. The number of hydrogen-bond acceptors (Lipinski definition) is 5. The largest absolute Gasteiger partial charge is 0.494 e. The molecule has 1 aromatic heterocycles. The topological polar surface area (TPSA) is 108 Å². The number of aromatic nitrogens is 1. The van der Waals surface area contributed by atoms with E-state index in [1.54, 1.807) is 13.2 Å². The van der Waals surface area contributed by atoms with Crippen molar-refractivity contribution in [1.82, 2.24) is 9.88 Å². The van der Waals surface area contributed by atoms with Crippen molar-refractivity contribution in [2.45, 2.75) is 33.2 Å². The molecule has 8 nitrogen and oxygen atoms in total. The highest BCUT2D eigenvalue weighted by molar-refractivity contribution is 7.80. The van der Waals surface area contributed by atoms with Crippen LogP contribution in [0.4, 0.5) is 0 Å². The summed E-state index contributed by atoms with van der Waals surface area (Å²) < 4.78 is 6.37. The van der Waals surface area contributed by atoms with Gasteiger partial charge in [0.25, 0.3) is 5.91 Å². The zero-order valence-corrected chi connectivity index (χ0v) is 17.1. The van der Waals surface area contributed by atoms with E-state index in [0.717, 1.165) is 6.42 Å². The molecular weight excluding hydrogens is 380 g/mol. The number of thiocarbonyl (C=S) groups is 1. The Hall–Kier alpha value is -2.52. The van der Waals surface area contributed by atoms with Crippen LogP contribution in [-0.2, 0) is 11.3 Å². The van der Waals surface area contributed by atoms with Gasteiger partial charge in [-0.2, -0.15) is 0 Å². The molecule has 0 radical (unpaired) electrons. The Morgan fingerprint density at radius 1 is 1.25 bits per heavy atom. The van der Waals surface area contributed by atoms with Gasteiger partial charge in [0.1, 0.15) is 0 Å². The highest BCUT2D eigenvalue weighted by Crippen LogP contribution is 2.37. The third kappa shape index (κ3) is 5.49. The predicted molar refractivity (Wildman–Crippen MR) is 111 cm³/mol. The van der Waals surface area contributed by atoms with E-state index in [9.17, 15) is 15.0 Å². The monoisotopic (exact) mass is 406 g/mol. The molecule has 0 aliphatic carbocycles. The van der Waals surface area contributed by atoms with Crippen LogP contribution in [0.15, 0.2) is 28.4 Å². The Bertz CT molecular complexity index is 876. The Morgan fingerprint density at radius 3 is 2.64 bits per heavy atom. The van der Waals surface area contributed by atoms with Crippen molar-refractivity contribution in [3.63, 3.8) is 0 Å². The number of azo groups is 1. The van der Waals surface area contributed by atoms with Crippen molar-refractivity contribution < 1.29 is 19.7 Å². The molecule has 0 aliphatic heterocycles. The molecule has 0 spiro atoms. The van der Waals surface area contributed by atoms with Gasteiger partial charge < -0.3 is 20.3 Å². The average Bonchev–Trinajstić information content (AvgIpc) is 2.90. The minimum absolute atomic E-state index is 0.0558. The van der Waals surface area contributed by atoms with E-state index in [0.29, 0.717) is 42.8 Å². The fraction of sp³-hybridized carbons (Fsp3) is 0.474. The number of fused-ring (bicyclic) bond motifs is 1. The number of ether oxygens (including phenoxy) is 1. The summed E-state index contributed by atoms with van der Waals surface area (Å²) in [6.45, 7) is 5.76. The van der Waals surface area contributed by atoms with Gasteiger partial charge in [-0.15, -0.1) is 10.2 Å². The molecule has 9 heteroatoms. The molecule has 0 atom stereocenters. The summed E-state index contributed by atoms with van der Waals surface area (Å²) >= 11 is 5.03. The lowest BCUT2D eigenvalue weighted by atomic mass is 10.1. The van der Waals surface area contributed by atoms with E-state index in [1.807, 2.05) is 0 Å². The number of carbonyl (C=O) groups excluding carboxylic acids is 1. The Kier molecular flexibility index (Phi) is 7.89. The summed E-state index contributed by atoms with van der Waals surface area (Å²) in [5.74, 6) is -0.215. The van der Waals surface area contributed by atoms with Gasteiger partial charge in [0.2, 0.25) is 16.9 Å². The fourth-order valence-corrected chi connectivity index (χ4v) is 2.82. The second-order valence-electron chi connectivity index (χ2n) is 6.83.